The summed E-state index contributed by atoms with van der Waals surface area (Å²) in [5, 5.41) is 3.34. The number of primary amides is 1. The van der Waals surface area contributed by atoms with Crippen molar-refractivity contribution in [3.8, 4) is 11.5 Å². The van der Waals surface area contributed by atoms with Crippen LogP contribution in [-0.4, -0.2) is 43.4 Å². The summed E-state index contributed by atoms with van der Waals surface area (Å²) in [5.74, 6) is 1.24. The molecule has 0 radical (unpaired) electrons. The van der Waals surface area contributed by atoms with E-state index in [2.05, 4.69) is 15.2 Å². The van der Waals surface area contributed by atoms with Gasteiger partial charge in [-0.25, -0.2) is 4.39 Å². The molecule has 1 amide bonds. The Balaban J connectivity index is 0.00000341. The lowest BCUT2D eigenvalue weighted by Gasteiger charge is -2.34. The van der Waals surface area contributed by atoms with Crippen LogP contribution in [0.5, 0.6) is 11.5 Å². The minimum absolute atomic E-state index is 0. The Bertz CT molecular complexity index is 879. The number of para-hydroxylation sites is 1. The van der Waals surface area contributed by atoms with Gasteiger partial charge in [0.15, 0.2) is 17.5 Å². The van der Waals surface area contributed by atoms with Gasteiger partial charge >= 0.3 is 0 Å². The smallest absolute Gasteiger partial charge is 0.217 e. The molecule has 2 aromatic carbocycles. The molecule has 3 N–H and O–H groups in total. The largest absolute Gasteiger partial charge is 0.454 e. The molecular weight excluding hydrogens is 510 g/mol. The lowest BCUT2D eigenvalue weighted by Crippen LogP contribution is -2.47. The molecule has 1 unspecified atom stereocenters. The van der Waals surface area contributed by atoms with Crippen molar-refractivity contribution < 1.29 is 13.9 Å². The van der Waals surface area contributed by atoms with E-state index >= 15 is 0 Å². The van der Waals surface area contributed by atoms with Crippen LogP contribution in [0.25, 0.3) is 0 Å². The Morgan fingerprint density at radius 1 is 1.29 bits per heavy atom. The number of amides is 1. The molecule has 8 heteroatoms. The molecule has 3 rings (SSSR count). The van der Waals surface area contributed by atoms with Gasteiger partial charge in [0.05, 0.1) is 0 Å². The van der Waals surface area contributed by atoms with Crippen molar-refractivity contribution in [2.75, 3.05) is 26.7 Å². The van der Waals surface area contributed by atoms with Crippen LogP contribution in [0.1, 0.15) is 24.8 Å². The molecule has 1 aliphatic heterocycles. The normalized spacial score (nSPS) is 16.4. The monoisotopic (exact) mass is 540 g/mol. The van der Waals surface area contributed by atoms with Gasteiger partial charge in [-0.3, -0.25) is 9.79 Å². The van der Waals surface area contributed by atoms with E-state index in [1.807, 2.05) is 24.3 Å². The Kier molecular flexibility index (Phi) is 10.0. The van der Waals surface area contributed by atoms with E-state index in [4.69, 9.17) is 10.5 Å². The van der Waals surface area contributed by atoms with Crippen LogP contribution in [0.2, 0.25) is 0 Å². The van der Waals surface area contributed by atoms with E-state index in [1.165, 1.54) is 6.07 Å². The topological polar surface area (TPSA) is 80.0 Å². The molecule has 0 bridgehead atoms. The first kappa shape index (κ1) is 24.9. The number of rotatable bonds is 7. The number of nitrogens with zero attached hydrogens (tertiary/aromatic N) is 2. The van der Waals surface area contributed by atoms with E-state index in [1.54, 1.807) is 25.2 Å². The number of hydrogen-bond acceptors (Lipinski definition) is 3. The van der Waals surface area contributed by atoms with Gasteiger partial charge in [-0.15, -0.1) is 24.0 Å². The molecular formula is C23H30FIN4O2. The molecule has 1 aliphatic rings. The van der Waals surface area contributed by atoms with Crippen molar-refractivity contribution in [3.05, 3.63) is 59.9 Å². The molecule has 0 saturated carbocycles. The number of benzene rings is 2. The van der Waals surface area contributed by atoms with Gasteiger partial charge in [0.25, 0.3) is 0 Å². The average Bonchev–Trinajstić information content (AvgIpc) is 2.73. The lowest BCUT2D eigenvalue weighted by molar-refractivity contribution is -0.119. The summed E-state index contributed by atoms with van der Waals surface area (Å²) in [7, 11) is 1.75. The summed E-state index contributed by atoms with van der Waals surface area (Å²) < 4.78 is 20.0. The van der Waals surface area contributed by atoms with Crippen LogP contribution < -0.4 is 15.8 Å². The number of guanidine groups is 1. The number of carbonyl (C=O) groups is 1. The highest BCUT2D eigenvalue weighted by atomic mass is 127. The van der Waals surface area contributed by atoms with Crippen molar-refractivity contribution in [2.24, 2.45) is 16.6 Å². The number of likely N-dealkylation sites (tertiary alicyclic amines) is 1. The van der Waals surface area contributed by atoms with Gasteiger partial charge in [-0.1, -0.05) is 24.3 Å². The Morgan fingerprint density at radius 3 is 2.74 bits per heavy atom. The first-order valence-corrected chi connectivity index (χ1v) is 10.3. The molecule has 6 nitrogen and oxygen atoms in total. The maximum Gasteiger partial charge on any atom is 0.217 e. The van der Waals surface area contributed by atoms with E-state index in [0.717, 1.165) is 37.5 Å². The number of aliphatic imine (C=N–C) groups is 1. The van der Waals surface area contributed by atoms with Gasteiger partial charge in [0, 0.05) is 33.1 Å². The molecule has 2 aromatic rings. The second-order valence-electron chi connectivity index (χ2n) is 7.53. The standard InChI is InChI=1S/C23H29FN4O2.HI/c1-26-23(28-13-5-6-18(16-28)15-22(25)29)27-12-11-17-9-10-21(20(24)14-17)30-19-7-3-2-4-8-19;/h2-4,7-10,14,18H,5-6,11-13,15-16H2,1H3,(H2,25,29)(H,26,27);1H. The van der Waals surface area contributed by atoms with E-state index in [0.29, 0.717) is 25.1 Å². The van der Waals surface area contributed by atoms with Crippen molar-refractivity contribution >= 4 is 35.8 Å². The van der Waals surface area contributed by atoms with E-state index in [-0.39, 0.29) is 47.4 Å². The molecule has 0 aliphatic carbocycles. The molecule has 0 spiro atoms. The summed E-state index contributed by atoms with van der Waals surface area (Å²) >= 11 is 0. The Morgan fingerprint density at radius 2 is 2.06 bits per heavy atom. The molecule has 0 aromatic heterocycles. The van der Waals surface area contributed by atoms with Crippen molar-refractivity contribution in [1.82, 2.24) is 10.2 Å². The molecule has 1 heterocycles. The summed E-state index contributed by atoms with van der Waals surface area (Å²) in [5.41, 5.74) is 6.22. The third-order valence-electron chi connectivity index (χ3n) is 5.18. The summed E-state index contributed by atoms with van der Waals surface area (Å²) in [6, 6.07) is 14.2. The van der Waals surface area contributed by atoms with Gasteiger partial charge < -0.3 is 20.7 Å². The number of piperidine rings is 1. The number of hydrogen-bond donors (Lipinski definition) is 2. The third-order valence-corrected chi connectivity index (χ3v) is 5.18. The van der Waals surface area contributed by atoms with Gasteiger partial charge in [0.2, 0.25) is 5.91 Å². The van der Waals surface area contributed by atoms with Crippen LogP contribution in [0.15, 0.2) is 53.5 Å². The van der Waals surface area contributed by atoms with Crippen LogP contribution in [-0.2, 0) is 11.2 Å². The van der Waals surface area contributed by atoms with Crippen LogP contribution >= 0.6 is 24.0 Å². The molecule has 31 heavy (non-hydrogen) atoms. The Hall–Kier alpha value is -2.36. The highest BCUT2D eigenvalue weighted by Gasteiger charge is 2.23. The predicted octanol–water partition coefficient (Wildman–Crippen LogP) is 3.94. The Labute approximate surface area is 200 Å². The van der Waals surface area contributed by atoms with Crippen LogP contribution in [0.3, 0.4) is 0 Å². The quantitative estimate of drug-likeness (QED) is 0.317. The first-order chi connectivity index (χ1) is 14.5. The van der Waals surface area contributed by atoms with E-state index < -0.39 is 0 Å². The lowest BCUT2D eigenvalue weighted by atomic mass is 9.95. The molecule has 1 fully saturated rings. The van der Waals surface area contributed by atoms with Gasteiger partial charge in [-0.2, -0.15) is 0 Å². The summed E-state index contributed by atoms with van der Waals surface area (Å²) in [6.45, 7) is 2.29. The first-order valence-electron chi connectivity index (χ1n) is 10.3. The zero-order valence-electron chi connectivity index (χ0n) is 17.7. The zero-order chi connectivity index (χ0) is 21.3. The highest BCUT2D eigenvalue weighted by Crippen LogP contribution is 2.25. The van der Waals surface area contributed by atoms with Crippen molar-refractivity contribution in [2.45, 2.75) is 25.7 Å². The van der Waals surface area contributed by atoms with Crippen LogP contribution in [0, 0.1) is 11.7 Å². The second-order valence-corrected chi connectivity index (χ2v) is 7.53. The van der Waals surface area contributed by atoms with Gasteiger partial charge in [0.1, 0.15) is 5.75 Å². The number of nitrogens with two attached hydrogens (primary N) is 1. The second kappa shape index (κ2) is 12.5. The number of nitrogens with one attached hydrogen (secondary N) is 1. The number of halogens is 2. The minimum atomic E-state index is -0.383. The molecule has 1 saturated heterocycles. The van der Waals surface area contributed by atoms with E-state index in [9.17, 15) is 9.18 Å². The van der Waals surface area contributed by atoms with Crippen LogP contribution in [0.4, 0.5) is 4.39 Å². The number of ether oxygens (including phenoxy) is 1. The zero-order valence-corrected chi connectivity index (χ0v) is 20.1. The highest BCUT2D eigenvalue weighted by molar-refractivity contribution is 14.0. The van der Waals surface area contributed by atoms with Crippen molar-refractivity contribution in [3.63, 3.8) is 0 Å². The fraction of sp³-hybridized carbons (Fsp3) is 0.391. The summed E-state index contributed by atoms with van der Waals surface area (Å²) in [4.78, 5) is 17.7. The maximum absolute atomic E-state index is 14.4. The number of carbonyl (C=O) groups excluding carboxylic acids is 1. The minimum Gasteiger partial charge on any atom is -0.454 e. The predicted molar refractivity (Wildman–Crippen MR) is 132 cm³/mol. The third kappa shape index (κ3) is 7.68. The summed E-state index contributed by atoms with van der Waals surface area (Å²) in [6.07, 6.45) is 3.07. The fourth-order valence-electron chi connectivity index (χ4n) is 3.76. The fourth-order valence-corrected chi connectivity index (χ4v) is 3.76. The van der Waals surface area contributed by atoms with Crippen molar-refractivity contribution in [1.29, 1.82) is 0 Å². The SMILES string of the molecule is CN=C(NCCc1ccc(Oc2ccccc2)c(F)c1)N1CCCC(CC(N)=O)C1.I. The van der Waals surface area contributed by atoms with Gasteiger partial charge in [-0.05, 0) is 55.0 Å². The average molecular weight is 540 g/mol. The molecule has 168 valence electrons. The maximum atomic E-state index is 14.4. The molecule has 1 atom stereocenters.